The van der Waals surface area contributed by atoms with Gasteiger partial charge in [0.1, 0.15) is 18.5 Å². The van der Waals surface area contributed by atoms with Crippen LogP contribution in [0.1, 0.15) is 37.8 Å². The SMILES string of the molecule is CC(CCc1cccc(F)c1)N1CCC(n2cncn2)CC1. The normalized spacial score (nSPS) is 18.5. The lowest BCUT2D eigenvalue weighted by atomic mass is 10.0. The zero-order valence-electron chi connectivity index (χ0n) is 13.0. The first-order valence-electron chi connectivity index (χ1n) is 8.05. The predicted molar refractivity (Wildman–Crippen MR) is 84.0 cm³/mol. The summed E-state index contributed by atoms with van der Waals surface area (Å²) in [5, 5.41) is 4.25. The van der Waals surface area contributed by atoms with Crippen LogP contribution in [0.4, 0.5) is 4.39 Å². The Morgan fingerprint density at radius 1 is 1.32 bits per heavy atom. The van der Waals surface area contributed by atoms with Crippen molar-refractivity contribution < 1.29 is 4.39 Å². The summed E-state index contributed by atoms with van der Waals surface area (Å²) in [6.45, 7) is 4.46. The summed E-state index contributed by atoms with van der Waals surface area (Å²) in [5.74, 6) is -0.140. The van der Waals surface area contributed by atoms with E-state index < -0.39 is 0 Å². The summed E-state index contributed by atoms with van der Waals surface area (Å²) in [7, 11) is 0. The highest BCUT2D eigenvalue weighted by molar-refractivity contribution is 5.16. The highest BCUT2D eigenvalue weighted by Crippen LogP contribution is 2.23. The summed E-state index contributed by atoms with van der Waals surface area (Å²) in [6, 6.07) is 7.95. The Morgan fingerprint density at radius 2 is 2.14 bits per heavy atom. The van der Waals surface area contributed by atoms with E-state index >= 15 is 0 Å². The Bertz CT molecular complexity index is 576. The molecule has 0 aliphatic carbocycles. The second-order valence-electron chi connectivity index (χ2n) is 6.16. The molecule has 2 heterocycles. The van der Waals surface area contributed by atoms with Crippen LogP contribution >= 0.6 is 0 Å². The number of benzene rings is 1. The number of aryl methyl sites for hydroxylation is 1. The lowest BCUT2D eigenvalue weighted by Gasteiger charge is -2.36. The smallest absolute Gasteiger partial charge is 0.137 e. The van der Waals surface area contributed by atoms with Crippen molar-refractivity contribution in [2.45, 2.75) is 44.7 Å². The van der Waals surface area contributed by atoms with Gasteiger partial charge in [0.05, 0.1) is 6.04 Å². The Hall–Kier alpha value is -1.75. The van der Waals surface area contributed by atoms with Crippen LogP contribution in [0.15, 0.2) is 36.9 Å². The van der Waals surface area contributed by atoms with Gasteiger partial charge in [-0.15, -0.1) is 0 Å². The van der Waals surface area contributed by atoms with Crippen LogP contribution in [-0.2, 0) is 6.42 Å². The molecule has 0 saturated carbocycles. The quantitative estimate of drug-likeness (QED) is 0.851. The van der Waals surface area contributed by atoms with Gasteiger partial charge >= 0.3 is 0 Å². The molecule has 1 saturated heterocycles. The standard InChI is InChI=1S/C17H23FN4/c1-14(5-6-15-3-2-4-16(18)11-15)21-9-7-17(8-10-21)22-13-19-12-20-22/h2-4,11-14,17H,5-10H2,1H3. The van der Waals surface area contributed by atoms with Crippen molar-refractivity contribution in [2.24, 2.45) is 0 Å². The van der Waals surface area contributed by atoms with E-state index in [1.807, 2.05) is 17.1 Å². The molecule has 4 nitrogen and oxygen atoms in total. The van der Waals surface area contributed by atoms with Gasteiger partial charge in [0.2, 0.25) is 0 Å². The monoisotopic (exact) mass is 302 g/mol. The number of aromatic nitrogens is 3. The molecule has 22 heavy (non-hydrogen) atoms. The molecule has 3 rings (SSSR count). The molecule has 1 unspecified atom stereocenters. The van der Waals surface area contributed by atoms with Gasteiger partial charge in [0.25, 0.3) is 0 Å². The third-order valence-electron chi connectivity index (χ3n) is 4.67. The van der Waals surface area contributed by atoms with E-state index in [0.29, 0.717) is 12.1 Å². The molecule has 1 fully saturated rings. The fraction of sp³-hybridized carbons (Fsp3) is 0.529. The Labute approximate surface area is 131 Å². The first-order valence-corrected chi connectivity index (χ1v) is 8.05. The average Bonchev–Trinajstić information content (AvgIpc) is 3.07. The van der Waals surface area contributed by atoms with E-state index in [0.717, 1.165) is 44.3 Å². The Balaban J connectivity index is 1.46. The number of halogens is 1. The van der Waals surface area contributed by atoms with Gasteiger partial charge in [-0.1, -0.05) is 12.1 Å². The van der Waals surface area contributed by atoms with Crippen LogP contribution < -0.4 is 0 Å². The zero-order valence-corrected chi connectivity index (χ0v) is 13.0. The molecule has 0 radical (unpaired) electrons. The van der Waals surface area contributed by atoms with Gasteiger partial charge in [0.15, 0.2) is 0 Å². The lowest BCUT2D eigenvalue weighted by molar-refractivity contribution is 0.133. The molecule has 1 aromatic carbocycles. The lowest BCUT2D eigenvalue weighted by Crippen LogP contribution is -2.40. The first kappa shape index (κ1) is 15.2. The molecular weight excluding hydrogens is 279 g/mol. The van der Waals surface area contributed by atoms with Crippen LogP contribution in [0.25, 0.3) is 0 Å². The van der Waals surface area contributed by atoms with Crippen molar-refractivity contribution in [3.63, 3.8) is 0 Å². The maximum atomic E-state index is 13.2. The highest BCUT2D eigenvalue weighted by atomic mass is 19.1. The number of hydrogen-bond acceptors (Lipinski definition) is 3. The summed E-state index contributed by atoms with van der Waals surface area (Å²) in [6.07, 6.45) is 7.66. The number of likely N-dealkylation sites (tertiary alicyclic amines) is 1. The van der Waals surface area contributed by atoms with E-state index in [9.17, 15) is 4.39 Å². The largest absolute Gasteiger partial charge is 0.300 e. The third kappa shape index (κ3) is 3.71. The fourth-order valence-electron chi connectivity index (χ4n) is 3.25. The Kier molecular flexibility index (Phi) is 4.83. The van der Waals surface area contributed by atoms with Crippen LogP contribution in [0.5, 0.6) is 0 Å². The molecule has 5 heteroatoms. The van der Waals surface area contributed by atoms with E-state index in [1.165, 1.54) is 6.07 Å². The molecule has 1 atom stereocenters. The highest BCUT2D eigenvalue weighted by Gasteiger charge is 2.23. The minimum atomic E-state index is -0.140. The maximum Gasteiger partial charge on any atom is 0.137 e. The minimum Gasteiger partial charge on any atom is -0.300 e. The van der Waals surface area contributed by atoms with Gasteiger partial charge in [-0.25, -0.2) is 14.1 Å². The van der Waals surface area contributed by atoms with Crippen molar-refractivity contribution in [3.8, 4) is 0 Å². The van der Waals surface area contributed by atoms with Crippen molar-refractivity contribution >= 4 is 0 Å². The predicted octanol–water partition coefficient (Wildman–Crippen LogP) is 3.08. The van der Waals surface area contributed by atoms with Crippen molar-refractivity contribution in [1.82, 2.24) is 19.7 Å². The van der Waals surface area contributed by atoms with Gasteiger partial charge in [-0.2, -0.15) is 5.10 Å². The summed E-state index contributed by atoms with van der Waals surface area (Å²) in [5.41, 5.74) is 1.09. The second-order valence-corrected chi connectivity index (χ2v) is 6.16. The van der Waals surface area contributed by atoms with E-state index in [-0.39, 0.29) is 5.82 Å². The van der Waals surface area contributed by atoms with E-state index in [1.54, 1.807) is 18.5 Å². The van der Waals surface area contributed by atoms with Gasteiger partial charge in [-0.3, -0.25) is 0 Å². The molecule has 1 aliphatic heterocycles. The third-order valence-corrected chi connectivity index (χ3v) is 4.67. The molecule has 1 aromatic heterocycles. The fourth-order valence-corrected chi connectivity index (χ4v) is 3.25. The molecule has 118 valence electrons. The second kappa shape index (κ2) is 7.01. The number of hydrogen-bond donors (Lipinski definition) is 0. The first-order chi connectivity index (χ1) is 10.7. The number of piperidine rings is 1. The summed E-state index contributed by atoms with van der Waals surface area (Å²) in [4.78, 5) is 6.56. The molecular formula is C17H23FN4. The molecule has 0 bridgehead atoms. The minimum absolute atomic E-state index is 0.140. The maximum absolute atomic E-state index is 13.2. The number of nitrogens with zero attached hydrogens (tertiary/aromatic N) is 4. The van der Waals surface area contributed by atoms with Gasteiger partial charge in [-0.05, 0) is 50.3 Å². The van der Waals surface area contributed by atoms with Crippen LogP contribution in [0.2, 0.25) is 0 Å². The molecule has 0 spiro atoms. The molecule has 1 aliphatic rings. The molecule has 0 amide bonds. The zero-order chi connectivity index (χ0) is 15.4. The van der Waals surface area contributed by atoms with E-state index in [2.05, 4.69) is 21.9 Å². The van der Waals surface area contributed by atoms with Gasteiger partial charge < -0.3 is 4.90 Å². The summed E-state index contributed by atoms with van der Waals surface area (Å²) >= 11 is 0. The van der Waals surface area contributed by atoms with Crippen molar-refractivity contribution in [2.75, 3.05) is 13.1 Å². The van der Waals surface area contributed by atoms with Crippen molar-refractivity contribution in [1.29, 1.82) is 0 Å². The van der Waals surface area contributed by atoms with Crippen LogP contribution in [0.3, 0.4) is 0 Å². The molecule has 0 N–H and O–H groups in total. The van der Waals surface area contributed by atoms with Crippen LogP contribution in [-0.4, -0.2) is 38.8 Å². The average molecular weight is 302 g/mol. The van der Waals surface area contributed by atoms with Gasteiger partial charge in [0, 0.05) is 19.1 Å². The van der Waals surface area contributed by atoms with Crippen molar-refractivity contribution in [3.05, 3.63) is 48.3 Å². The summed E-state index contributed by atoms with van der Waals surface area (Å²) < 4.78 is 15.2. The van der Waals surface area contributed by atoms with Crippen LogP contribution in [0, 0.1) is 5.82 Å². The van der Waals surface area contributed by atoms with E-state index in [4.69, 9.17) is 0 Å². The molecule has 2 aromatic rings. The number of rotatable bonds is 5. The Morgan fingerprint density at radius 3 is 2.82 bits per heavy atom. The topological polar surface area (TPSA) is 34.0 Å².